The molecule has 8 nitrogen and oxygen atoms in total. The molecule has 0 fully saturated rings. The Hall–Kier alpha value is -2.57. The van der Waals surface area contributed by atoms with E-state index in [1.54, 1.807) is 12.3 Å². The molecule has 1 aromatic heterocycles. The molecule has 11 heteroatoms. The van der Waals surface area contributed by atoms with Crippen molar-refractivity contribution in [2.45, 2.75) is 26.6 Å². The monoisotopic (exact) mass is 549 g/mol. The van der Waals surface area contributed by atoms with Crippen molar-refractivity contribution in [1.29, 1.82) is 0 Å². The lowest BCUT2D eigenvalue weighted by Gasteiger charge is -2.15. The number of alkyl halides is 2. The van der Waals surface area contributed by atoms with E-state index in [0.717, 1.165) is 11.4 Å². The number of hydrogen-bond donors (Lipinski definition) is 2. The molecule has 170 valence electrons. The molecular formula is C20H26F2IN5O3. The molecule has 0 radical (unpaired) electrons. The van der Waals surface area contributed by atoms with Crippen LogP contribution >= 0.6 is 24.0 Å². The second-order valence-electron chi connectivity index (χ2n) is 6.66. The zero-order valence-electron chi connectivity index (χ0n) is 17.5. The van der Waals surface area contributed by atoms with Crippen molar-refractivity contribution in [3.63, 3.8) is 0 Å². The summed E-state index contributed by atoms with van der Waals surface area (Å²) in [5.74, 6) is 2.28. The van der Waals surface area contributed by atoms with E-state index in [0.29, 0.717) is 36.1 Å². The molecule has 31 heavy (non-hydrogen) atoms. The molecule has 0 saturated heterocycles. The van der Waals surface area contributed by atoms with Crippen LogP contribution in [0.2, 0.25) is 0 Å². The van der Waals surface area contributed by atoms with E-state index in [4.69, 9.17) is 9.47 Å². The molecule has 2 N–H and O–H groups in total. The van der Waals surface area contributed by atoms with Crippen LogP contribution in [-0.2, 0) is 13.1 Å². The fraction of sp³-hybridized carbons (Fsp3) is 0.400. The highest BCUT2D eigenvalue weighted by Crippen LogP contribution is 2.38. The van der Waals surface area contributed by atoms with Gasteiger partial charge in [0.2, 0.25) is 6.79 Å². The first-order chi connectivity index (χ1) is 14.5. The van der Waals surface area contributed by atoms with E-state index in [1.807, 2.05) is 38.1 Å². The minimum Gasteiger partial charge on any atom is -0.454 e. The summed E-state index contributed by atoms with van der Waals surface area (Å²) in [6.45, 7) is 0.338. The Kier molecular flexibility index (Phi) is 9.34. The number of guanidine groups is 1. The summed E-state index contributed by atoms with van der Waals surface area (Å²) in [5.41, 5.74) is 1.50. The lowest BCUT2D eigenvalue weighted by Crippen LogP contribution is -2.36. The number of rotatable bonds is 8. The minimum absolute atomic E-state index is 0. The van der Waals surface area contributed by atoms with Crippen LogP contribution in [0.5, 0.6) is 17.2 Å². The topological polar surface area (TPSA) is 80.2 Å². The van der Waals surface area contributed by atoms with Gasteiger partial charge in [0.25, 0.3) is 0 Å². The average molecular weight is 549 g/mol. The van der Waals surface area contributed by atoms with Crippen LogP contribution in [0, 0.1) is 0 Å². The lowest BCUT2D eigenvalue weighted by atomic mass is 10.1. The summed E-state index contributed by atoms with van der Waals surface area (Å²) in [5, 5.41) is 6.28. The summed E-state index contributed by atoms with van der Waals surface area (Å²) < 4.78 is 40.8. The van der Waals surface area contributed by atoms with Crippen molar-refractivity contribution < 1.29 is 23.0 Å². The highest BCUT2D eigenvalue weighted by Gasteiger charge is 2.20. The van der Waals surface area contributed by atoms with E-state index in [9.17, 15) is 8.78 Å². The Morgan fingerprint density at radius 1 is 1.23 bits per heavy atom. The van der Waals surface area contributed by atoms with E-state index < -0.39 is 6.61 Å². The van der Waals surface area contributed by atoms with E-state index in [2.05, 4.69) is 25.3 Å². The normalized spacial score (nSPS) is 12.4. The van der Waals surface area contributed by atoms with Gasteiger partial charge in [0.1, 0.15) is 11.6 Å². The third kappa shape index (κ3) is 6.97. The first-order valence-electron chi connectivity index (χ1n) is 9.48. The highest BCUT2D eigenvalue weighted by atomic mass is 127. The Morgan fingerprint density at radius 2 is 1.97 bits per heavy atom. The molecule has 0 saturated carbocycles. The number of nitrogens with one attached hydrogen (secondary N) is 2. The van der Waals surface area contributed by atoms with Crippen molar-refractivity contribution >= 4 is 35.8 Å². The van der Waals surface area contributed by atoms with E-state index in [-0.39, 0.29) is 43.1 Å². The maximum atomic E-state index is 12.8. The van der Waals surface area contributed by atoms with Gasteiger partial charge in [-0.05, 0) is 30.7 Å². The Labute approximate surface area is 197 Å². The van der Waals surface area contributed by atoms with Crippen LogP contribution in [0.25, 0.3) is 0 Å². The van der Waals surface area contributed by atoms with Crippen molar-refractivity contribution in [3.8, 4) is 17.2 Å². The summed E-state index contributed by atoms with van der Waals surface area (Å²) >= 11 is 0. The molecule has 2 heterocycles. The van der Waals surface area contributed by atoms with Gasteiger partial charge in [0.15, 0.2) is 17.5 Å². The SMILES string of the molecule is CCNC(=NCc1ccnc(N(C)C)c1)NCc1cc2c(cc1OC(F)F)OCO2.I. The summed E-state index contributed by atoms with van der Waals surface area (Å²) in [6.07, 6.45) is 1.74. The number of halogens is 3. The number of anilines is 1. The molecule has 1 aliphatic heterocycles. The third-order valence-electron chi connectivity index (χ3n) is 4.25. The lowest BCUT2D eigenvalue weighted by molar-refractivity contribution is -0.0505. The Balaban J connectivity index is 0.00000341. The van der Waals surface area contributed by atoms with Gasteiger partial charge in [-0.15, -0.1) is 24.0 Å². The molecule has 0 spiro atoms. The molecule has 0 amide bonds. The first-order valence-corrected chi connectivity index (χ1v) is 9.48. The fourth-order valence-corrected chi connectivity index (χ4v) is 2.80. The third-order valence-corrected chi connectivity index (χ3v) is 4.25. The number of aliphatic imine (C=N–C) groups is 1. The van der Waals surface area contributed by atoms with E-state index in [1.165, 1.54) is 6.07 Å². The molecule has 0 atom stereocenters. The number of hydrogen-bond acceptors (Lipinski definition) is 6. The van der Waals surface area contributed by atoms with Crippen molar-refractivity contribution in [2.75, 3.05) is 32.3 Å². The summed E-state index contributed by atoms with van der Waals surface area (Å²) in [7, 11) is 3.84. The molecular weight excluding hydrogens is 523 g/mol. The second kappa shape index (κ2) is 11.7. The van der Waals surface area contributed by atoms with Crippen molar-refractivity contribution in [1.82, 2.24) is 15.6 Å². The number of ether oxygens (including phenoxy) is 3. The van der Waals surface area contributed by atoms with E-state index >= 15 is 0 Å². The standard InChI is InChI=1S/C20H25F2N5O3.HI/c1-4-23-20(25-10-13-5-6-24-18(7-13)27(2)3)26-11-14-8-16-17(29-12-28-16)9-15(14)30-19(21)22;/h5-9,19H,4,10-12H2,1-3H3,(H2,23,25,26);1H. The van der Waals surface area contributed by atoms with Crippen molar-refractivity contribution in [2.24, 2.45) is 4.99 Å². The summed E-state index contributed by atoms with van der Waals surface area (Å²) in [4.78, 5) is 10.8. The van der Waals surface area contributed by atoms with Crippen LogP contribution in [0.4, 0.5) is 14.6 Å². The fourth-order valence-electron chi connectivity index (χ4n) is 2.80. The highest BCUT2D eigenvalue weighted by molar-refractivity contribution is 14.0. The number of pyridine rings is 1. The van der Waals surface area contributed by atoms with Gasteiger partial charge in [-0.1, -0.05) is 0 Å². The van der Waals surface area contributed by atoms with Crippen LogP contribution in [-0.4, -0.2) is 45.0 Å². The van der Waals surface area contributed by atoms with Gasteiger partial charge < -0.3 is 29.7 Å². The van der Waals surface area contributed by atoms with Gasteiger partial charge in [0, 0.05) is 45.0 Å². The van der Waals surface area contributed by atoms with Crippen LogP contribution in [0.15, 0.2) is 35.5 Å². The number of aromatic nitrogens is 1. The second-order valence-corrected chi connectivity index (χ2v) is 6.66. The number of benzene rings is 1. The number of nitrogens with zero attached hydrogens (tertiary/aromatic N) is 3. The van der Waals surface area contributed by atoms with Crippen LogP contribution in [0.1, 0.15) is 18.1 Å². The molecule has 0 bridgehead atoms. The maximum Gasteiger partial charge on any atom is 0.387 e. The smallest absolute Gasteiger partial charge is 0.387 e. The summed E-state index contributed by atoms with van der Waals surface area (Å²) in [6, 6.07) is 6.89. The molecule has 2 aromatic rings. The predicted molar refractivity (Wildman–Crippen MR) is 125 cm³/mol. The zero-order valence-corrected chi connectivity index (χ0v) is 19.9. The molecule has 1 aromatic carbocycles. The Bertz CT molecular complexity index is 899. The first kappa shape index (κ1) is 24.7. The molecule has 3 rings (SSSR count). The quantitative estimate of drug-likeness (QED) is 0.297. The molecule has 0 unspecified atom stereocenters. The minimum atomic E-state index is -2.94. The van der Waals surface area contributed by atoms with Gasteiger partial charge in [0.05, 0.1) is 6.54 Å². The van der Waals surface area contributed by atoms with Gasteiger partial charge in [-0.3, -0.25) is 0 Å². The predicted octanol–water partition coefficient (Wildman–Crippen LogP) is 3.35. The molecule has 0 aliphatic carbocycles. The van der Waals surface area contributed by atoms with Crippen molar-refractivity contribution in [3.05, 3.63) is 41.6 Å². The average Bonchev–Trinajstić information content (AvgIpc) is 3.17. The Morgan fingerprint density at radius 3 is 2.65 bits per heavy atom. The van der Waals surface area contributed by atoms with Gasteiger partial charge in [-0.2, -0.15) is 8.78 Å². The maximum absolute atomic E-state index is 12.8. The zero-order chi connectivity index (χ0) is 21.5. The molecule has 1 aliphatic rings. The van der Waals surface area contributed by atoms with Gasteiger partial charge >= 0.3 is 6.61 Å². The largest absolute Gasteiger partial charge is 0.454 e. The van der Waals surface area contributed by atoms with Crippen LogP contribution < -0.4 is 29.7 Å². The van der Waals surface area contributed by atoms with Crippen LogP contribution in [0.3, 0.4) is 0 Å². The number of fused-ring (bicyclic) bond motifs is 1. The van der Waals surface area contributed by atoms with Gasteiger partial charge in [-0.25, -0.2) is 9.98 Å².